The number of carbonyl (C=O) groups is 1. The Morgan fingerprint density at radius 3 is 2.40 bits per heavy atom. The van der Waals surface area contributed by atoms with Gasteiger partial charge in [0.2, 0.25) is 5.91 Å². The minimum atomic E-state index is -0.141. The second kappa shape index (κ2) is 11.6. The molecule has 4 heteroatoms. The van der Waals surface area contributed by atoms with E-state index < -0.39 is 0 Å². The first-order valence-corrected chi connectivity index (χ1v) is 17.9. The maximum absolute atomic E-state index is 14.0. The number of aryl methyl sites for hydroxylation is 1. The number of carbonyl (C=O) groups excluding carboxylic acids is 1. The third-order valence-electron chi connectivity index (χ3n) is 14.5. The van der Waals surface area contributed by atoms with Gasteiger partial charge in [-0.15, -0.1) is 0 Å². The fourth-order valence-corrected chi connectivity index (χ4v) is 12.5. The zero-order chi connectivity index (χ0) is 30.6. The number of hydrogen-bond donors (Lipinski definition) is 2. The molecule has 1 amide bonds. The van der Waals surface area contributed by atoms with Crippen LogP contribution >= 0.6 is 0 Å². The number of benzene rings is 1. The first-order valence-electron chi connectivity index (χ1n) is 17.9. The predicted molar refractivity (Wildman–Crippen MR) is 177 cm³/mol. The first kappa shape index (κ1) is 31.3. The van der Waals surface area contributed by atoms with Crippen molar-refractivity contribution in [2.75, 3.05) is 32.8 Å². The van der Waals surface area contributed by atoms with Crippen molar-refractivity contribution in [1.82, 2.24) is 10.2 Å². The lowest BCUT2D eigenvalue weighted by Gasteiger charge is -2.68. The Morgan fingerprint density at radius 2 is 1.67 bits per heavy atom. The van der Waals surface area contributed by atoms with E-state index in [4.69, 9.17) is 0 Å². The number of amides is 1. The number of likely N-dealkylation sites (N-methyl/N-ethyl adjacent to an activating group) is 1. The van der Waals surface area contributed by atoms with E-state index in [0.717, 1.165) is 37.8 Å². The van der Waals surface area contributed by atoms with E-state index in [2.05, 4.69) is 82.1 Å². The first-order chi connectivity index (χ1) is 20.5. The standard InChI is InChI=1S/C39H60N2O2/c1-7-41(25-26-42)24-23-40-35(43)39-19-8-9-32(39)29-14-15-34-37(5,31(29)17-22-39)21-18-33-36(3,4)30(16-20-38(33,34)6)28-12-10-27(2)11-13-28/h10-13,16,29,31-34,42H,7-9,14-15,17-26H2,1-6H3,(H,40,43). The van der Waals surface area contributed by atoms with Gasteiger partial charge in [0.1, 0.15) is 0 Å². The molecule has 0 radical (unpaired) electrons. The molecule has 4 saturated carbocycles. The lowest BCUT2D eigenvalue weighted by atomic mass is 9.36. The summed E-state index contributed by atoms with van der Waals surface area (Å²) < 4.78 is 0. The highest BCUT2D eigenvalue weighted by atomic mass is 16.3. The summed E-state index contributed by atoms with van der Waals surface area (Å²) in [6.45, 7) is 18.1. The Hall–Kier alpha value is -1.65. The van der Waals surface area contributed by atoms with Gasteiger partial charge in [-0.3, -0.25) is 9.69 Å². The largest absolute Gasteiger partial charge is 0.395 e. The quantitative estimate of drug-likeness (QED) is 0.325. The van der Waals surface area contributed by atoms with Gasteiger partial charge < -0.3 is 10.4 Å². The van der Waals surface area contributed by atoms with Crippen molar-refractivity contribution in [1.29, 1.82) is 0 Å². The van der Waals surface area contributed by atoms with Crippen molar-refractivity contribution in [2.45, 2.75) is 106 Å². The molecule has 1 aromatic carbocycles. The molecule has 4 fully saturated rings. The summed E-state index contributed by atoms with van der Waals surface area (Å²) in [7, 11) is 0. The monoisotopic (exact) mass is 588 g/mol. The molecular weight excluding hydrogens is 528 g/mol. The highest BCUT2D eigenvalue weighted by Gasteiger charge is 2.66. The van der Waals surface area contributed by atoms with Crippen LogP contribution in [0.1, 0.15) is 110 Å². The fourth-order valence-electron chi connectivity index (χ4n) is 12.5. The average Bonchev–Trinajstić information content (AvgIpc) is 3.43. The average molecular weight is 589 g/mol. The molecule has 0 aliphatic heterocycles. The van der Waals surface area contributed by atoms with Gasteiger partial charge in [0, 0.05) is 19.6 Å². The van der Waals surface area contributed by atoms with Crippen molar-refractivity contribution in [2.24, 2.45) is 51.2 Å². The Morgan fingerprint density at radius 1 is 0.907 bits per heavy atom. The molecule has 2 N–H and O–H groups in total. The minimum absolute atomic E-state index is 0.141. The number of fused-ring (bicyclic) bond motifs is 7. The van der Waals surface area contributed by atoms with Crippen LogP contribution in [0.3, 0.4) is 0 Å². The normalized spacial score (nSPS) is 39.7. The van der Waals surface area contributed by atoms with Crippen molar-refractivity contribution < 1.29 is 9.90 Å². The van der Waals surface area contributed by atoms with E-state index in [0.29, 0.717) is 47.6 Å². The molecule has 0 saturated heterocycles. The molecule has 43 heavy (non-hydrogen) atoms. The summed E-state index contributed by atoms with van der Waals surface area (Å²) in [6.07, 6.45) is 15.1. The van der Waals surface area contributed by atoms with Crippen LogP contribution in [0.15, 0.2) is 30.3 Å². The van der Waals surface area contributed by atoms with Crippen LogP contribution in [0.25, 0.3) is 5.57 Å². The molecule has 0 bridgehead atoms. The second-order valence-corrected chi connectivity index (χ2v) is 16.5. The Bertz CT molecular complexity index is 1200. The molecule has 0 spiro atoms. The number of aliphatic hydroxyl groups is 1. The minimum Gasteiger partial charge on any atom is -0.395 e. The lowest BCUT2D eigenvalue weighted by Crippen LogP contribution is -2.62. The highest BCUT2D eigenvalue weighted by Crippen LogP contribution is 2.73. The van der Waals surface area contributed by atoms with E-state index in [9.17, 15) is 9.90 Å². The van der Waals surface area contributed by atoms with Crippen LogP contribution in [0, 0.1) is 58.2 Å². The summed E-state index contributed by atoms with van der Waals surface area (Å²) in [6, 6.07) is 9.26. The van der Waals surface area contributed by atoms with Crippen LogP contribution in [-0.2, 0) is 4.79 Å². The van der Waals surface area contributed by atoms with Crippen molar-refractivity contribution in [3.05, 3.63) is 41.5 Å². The summed E-state index contributed by atoms with van der Waals surface area (Å²) in [5.41, 5.74) is 5.10. The van der Waals surface area contributed by atoms with E-state index in [1.54, 1.807) is 5.57 Å². The second-order valence-electron chi connectivity index (χ2n) is 16.5. The molecule has 8 unspecified atom stereocenters. The summed E-state index contributed by atoms with van der Waals surface area (Å²) in [4.78, 5) is 16.2. The van der Waals surface area contributed by atoms with Crippen LogP contribution in [-0.4, -0.2) is 48.7 Å². The molecule has 238 valence electrons. The molecular formula is C39H60N2O2. The van der Waals surface area contributed by atoms with Crippen LogP contribution in [0.5, 0.6) is 0 Å². The smallest absolute Gasteiger partial charge is 0.226 e. The SMILES string of the molecule is CCN(CCO)CCNC(=O)C12CCCC1C1CCC3C(C)(CCC4C(C)(C)C(c5ccc(C)cc5)=CCC43C)C1CC2. The molecule has 1 aromatic rings. The molecule has 8 atom stereocenters. The number of nitrogens with zero attached hydrogens (tertiary/aromatic N) is 1. The zero-order valence-electron chi connectivity index (χ0n) is 28.2. The summed E-state index contributed by atoms with van der Waals surface area (Å²) in [5.74, 6) is 3.86. The van der Waals surface area contributed by atoms with Gasteiger partial charge in [-0.1, -0.05) is 76.9 Å². The summed E-state index contributed by atoms with van der Waals surface area (Å²) >= 11 is 0. The molecule has 0 heterocycles. The Kier molecular flexibility index (Phi) is 8.46. The third-order valence-corrected chi connectivity index (χ3v) is 14.5. The van der Waals surface area contributed by atoms with Crippen LogP contribution in [0.2, 0.25) is 0 Å². The highest BCUT2D eigenvalue weighted by molar-refractivity contribution is 5.83. The van der Waals surface area contributed by atoms with Crippen molar-refractivity contribution >= 4 is 11.5 Å². The van der Waals surface area contributed by atoms with Gasteiger partial charge in [-0.2, -0.15) is 0 Å². The van der Waals surface area contributed by atoms with Gasteiger partial charge in [-0.05, 0) is 128 Å². The summed E-state index contributed by atoms with van der Waals surface area (Å²) in [5, 5.41) is 12.8. The Balaban J connectivity index is 1.21. The molecule has 5 aliphatic carbocycles. The van der Waals surface area contributed by atoms with Gasteiger partial charge in [0.25, 0.3) is 0 Å². The van der Waals surface area contributed by atoms with Gasteiger partial charge in [0.05, 0.1) is 12.0 Å². The number of rotatable bonds is 8. The van der Waals surface area contributed by atoms with Crippen molar-refractivity contribution in [3.63, 3.8) is 0 Å². The van der Waals surface area contributed by atoms with E-state index in [1.807, 2.05) is 0 Å². The number of allylic oxidation sites excluding steroid dienone is 2. The van der Waals surface area contributed by atoms with Gasteiger partial charge in [0.15, 0.2) is 0 Å². The number of aliphatic hydroxyl groups excluding tert-OH is 1. The van der Waals surface area contributed by atoms with E-state index >= 15 is 0 Å². The van der Waals surface area contributed by atoms with E-state index in [-0.39, 0.29) is 17.4 Å². The zero-order valence-corrected chi connectivity index (χ0v) is 28.2. The van der Waals surface area contributed by atoms with E-state index in [1.165, 1.54) is 62.5 Å². The Labute approximate surface area is 262 Å². The number of hydrogen-bond acceptors (Lipinski definition) is 3. The maximum Gasteiger partial charge on any atom is 0.226 e. The van der Waals surface area contributed by atoms with Gasteiger partial charge in [-0.25, -0.2) is 0 Å². The third kappa shape index (κ3) is 4.96. The predicted octanol–water partition coefficient (Wildman–Crippen LogP) is 7.88. The maximum atomic E-state index is 14.0. The molecule has 5 aliphatic rings. The van der Waals surface area contributed by atoms with Crippen LogP contribution < -0.4 is 5.32 Å². The lowest BCUT2D eigenvalue weighted by molar-refractivity contribution is -0.181. The molecule has 0 aromatic heterocycles. The molecule has 4 nitrogen and oxygen atoms in total. The molecule has 6 rings (SSSR count). The van der Waals surface area contributed by atoms with Gasteiger partial charge >= 0.3 is 0 Å². The van der Waals surface area contributed by atoms with Crippen LogP contribution in [0.4, 0.5) is 0 Å². The topological polar surface area (TPSA) is 52.6 Å². The number of nitrogens with one attached hydrogen (secondary N) is 1. The van der Waals surface area contributed by atoms with Crippen molar-refractivity contribution in [3.8, 4) is 0 Å². The fraction of sp³-hybridized carbons (Fsp3) is 0.769.